The van der Waals surface area contributed by atoms with Crippen LogP contribution in [-0.4, -0.2) is 46.3 Å². The van der Waals surface area contributed by atoms with E-state index < -0.39 is 24.0 Å². The molecule has 1 rings (SSSR count). The van der Waals surface area contributed by atoms with Gasteiger partial charge in [-0.2, -0.15) is 0 Å². The van der Waals surface area contributed by atoms with Gasteiger partial charge in [0.25, 0.3) is 0 Å². The molecule has 0 aromatic rings. The molecule has 0 aromatic heterocycles. The molecule has 6 heteroatoms. The Morgan fingerprint density at radius 1 is 1.38 bits per heavy atom. The normalized spacial score (nSPS) is 28.5. The van der Waals surface area contributed by atoms with Crippen molar-refractivity contribution in [3.8, 4) is 0 Å². The number of nitrogens with two attached hydrogens (primary N) is 1. The van der Waals surface area contributed by atoms with Crippen LogP contribution in [0.1, 0.15) is 6.42 Å². The van der Waals surface area contributed by atoms with E-state index in [4.69, 9.17) is 15.9 Å². The smallest absolute Gasteiger partial charge is 0.407 e. The molecule has 74 valence electrons. The molecule has 1 fully saturated rings. The summed E-state index contributed by atoms with van der Waals surface area (Å²) in [6, 6.07) is -0.437. The zero-order valence-electron chi connectivity index (χ0n) is 7.01. The third kappa shape index (κ3) is 2.09. The minimum absolute atomic E-state index is 0.00810. The van der Waals surface area contributed by atoms with Crippen molar-refractivity contribution in [1.82, 2.24) is 4.90 Å². The first-order valence-electron chi connectivity index (χ1n) is 3.98. The number of hydrogen-bond acceptors (Lipinski definition) is 3. The molecule has 13 heavy (non-hydrogen) atoms. The second-order valence-electron chi connectivity index (χ2n) is 3.13. The van der Waals surface area contributed by atoms with Gasteiger partial charge in [0, 0.05) is 19.1 Å². The fourth-order valence-corrected chi connectivity index (χ4v) is 1.41. The van der Waals surface area contributed by atoms with Crippen LogP contribution < -0.4 is 5.73 Å². The first kappa shape index (κ1) is 9.79. The molecule has 0 bridgehead atoms. The molecular weight excluding hydrogens is 176 g/mol. The Morgan fingerprint density at radius 2 is 2.00 bits per heavy atom. The van der Waals surface area contributed by atoms with E-state index in [0.29, 0.717) is 13.0 Å². The highest BCUT2D eigenvalue weighted by atomic mass is 16.4. The van der Waals surface area contributed by atoms with Gasteiger partial charge >= 0.3 is 12.1 Å². The second-order valence-corrected chi connectivity index (χ2v) is 3.13. The van der Waals surface area contributed by atoms with Crippen molar-refractivity contribution in [2.24, 2.45) is 11.7 Å². The lowest BCUT2D eigenvalue weighted by molar-refractivity contribution is -0.143. The molecule has 2 atom stereocenters. The number of hydrogen-bond donors (Lipinski definition) is 3. The van der Waals surface area contributed by atoms with E-state index in [1.54, 1.807) is 0 Å². The van der Waals surface area contributed by atoms with E-state index in [0.717, 1.165) is 4.90 Å². The zero-order chi connectivity index (χ0) is 10.0. The number of aliphatic carboxylic acids is 1. The fraction of sp³-hybridized carbons (Fsp3) is 0.714. The van der Waals surface area contributed by atoms with E-state index in [-0.39, 0.29) is 6.54 Å². The monoisotopic (exact) mass is 188 g/mol. The molecule has 1 saturated heterocycles. The van der Waals surface area contributed by atoms with Gasteiger partial charge in [-0.05, 0) is 6.42 Å². The van der Waals surface area contributed by atoms with Crippen molar-refractivity contribution in [3.05, 3.63) is 0 Å². The second kappa shape index (κ2) is 3.61. The van der Waals surface area contributed by atoms with E-state index in [2.05, 4.69) is 0 Å². The summed E-state index contributed by atoms with van der Waals surface area (Å²) in [6.45, 7) is 0.312. The van der Waals surface area contributed by atoms with Gasteiger partial charge in [0.15, 0.2) is 0 Å². The predicted molar refractivity (Wildman–Crippen MR) is 43.3 cm³/mol. The van der Waals surface area contributed by atoms with Crippen molar-refractivity contribution in [3.63, 3.8) is 0 Å². The standard InChI is InChI=1S/C7H12N2O4/c8-5-1-2-9(7(12)13)3-4(5)6(10)11/h4-5H,1-3,8H2,(H,10,11)(H,12,13). The average Bonchev–Trinajstić information content (AvgIpc) is 2.04. The zero-order valence-corrected chi connectivity index (χ0v) is 7.01. The van der Waals surface area contributed by atoms with Crippen LogP contribution in [-0.2, 0) is 4.79 Å². The van der Waals surface area contributed by atoms with Crippen LogP contribution in [0.4, 0.5) is 4.79 Å². The van der Waals surface area contributed by atoms with Gasteiger partial charge < -0.3 is 20.8 Å². The van der Waals surface area contributed by atoms with Crippen LogP contribution >= 0.6 is 0 Å². The first-order valence-corrected chi connectivity index (χ1v) is 3.98. The molecule has 1 aliphatic rings. The number of carboxylic acids is 1. The van der Waals surface area contributed by atoms with Gasteiger partial charge in [-0.25, -0.2) is 4.79 Å². The Balaban J connectivity index is 2.63. The predicted octanol–water partition coefficient (Wildman–Crippen LogP) is -0.602. The maximum Gasteiger partial charge on any atom is 0.407 e. The van der Waals surface area contributed by atoms with Gasteiger partial charge in [-0.15, -0.1) is 0 Å². The highest BCUT2D eigenvalue weighted by molar-refractivity contribution is 5.73. The molecule has 4 N–H and O–H groups in total. The summed E-state index contributed by atoms with van der Waals surface area (Å²) in [4.78, 5) is 22.2. The van der Waals surface area contributed by atoms with Crippen LogP contribution in [0.3, 0.4) is 0 Å². The van der Waals surface area contributed by atoms with E-state index >= 15 is 0 Å². The van der Waals surface area contributed by atoms with Crippen molar-refractivity contribution >= 4 is 12.1 Å². The third-order valence-electron chi connectivity index (χ3n) is 2.25. The highest BCUT2D eigenvalue weighted by Crippen LogP contribution is 2.15. The number of carbonyl (C=O) groups is 2. The Kier molecular flexibility index (Phi) is 2.72. The largest absolute Gasteiger partial charge is 0.481 e. The summed E-state index contributed by atoms with van der Waals surface area (Å²) in [6.07, 6.45) is -0.679. The maximum atomic E-state index is 10.6. The molecule has 0 aliphatic carbocycles. The van der Waals surface area contributed by atoms with E-state index in [1.165, 1.54) is 0 Å². The molecule has 0 radical (unpaired) electrons. The Morgan fingerprint density at radius 3 is 2.46 bits per heavy atom. The molecule has 0 aromatic carbocycles. The summed E-state index contributed by atoms with van der Waals surface area (Å²) in [7, 11) is 0. The summed E-state index contributed by atoms with van der Waals surface area (Å²) in [5.41, 5.74) is 5.54. The van der Waals surface area contributed by atoms with Gasteiger partial charge in [0.1, 0.15) is 0 Å². The van der Waals surface area contributed by atoms with Crippen LogP contribution in [0.25, 0.3) is 0 Å². The lowest BCUT2D eigenvalue weighted by Crippen LogP contribution is -2.51. The van der Waals surface area contributed by atoms with Gasteiger partial charge in [0.2, 0.25) is 0 Å². The summed E-state index contributed by atoms with van der Waals surface area (Å²) in [5.74, 6) is -1.80. The van der Waals surface area contributed by atoms with Crippen molar-refractivity contribution < 1.29 is 19.8 Å². The van der Waals surface area contributed by atoms with Gasteiger partial charge in [-0.3, -0.25) is 4.79 Å². The number of amides is 1. The summed E-state index contributed by atoms with van der Waals surface area (Å²) < 4.78 is 0. The molecule has 1 heterocycles. The molecule has 1 amide bonds. The Hall–Kier alpha value is -1.30. The van der Waals surface area contributed by atoms with Crippen molar-refractivity contribution in [1.29, 1.82) is 0 Å². The Labute approximate surface area is 74.9 Å². The number of carboxylic acid groups (broad SMARTS) is 2. The summed E-state index contributed by atoms with van der Waals surface area (Å²) in [5, 5.41) is 17.3. The third-order valence-corrected chi connectivity index (χ3v) is 2.25. The minimum atomic E-state index is -1.09. The van der Waals surface area contributed by atoms with Crippen LogP contribution in [0.15, 0.2) is 0 Å². The highest BCUT2D eigenvalue weighted by Gasteiger charge is 2.33. The SMILES string of the molecule is NC1CCN(C(=O)O)CC1C(=O)O. The molecule has 1 aliphatic heterocycles. The van der Waals surface area contributed by atoms with Crippen LogP contribution in [0.2, 0.25) is 0 Å². The van der Waals surface area contributed by atoms with E-state index in [1.807, 2.05) is 0 Å². The maximum absolute atomic E-state index is 10.6. The minimum Gasteiger partial charge on any atom is -0.481 e. The fourth-order valence-electron chi connectivity index (χ4n) is 1.41. The number of piperidine rings is 1. The van der Waals surface area contributed by atoms with Crippen molar-refractivity contribution in [2.75, 3.05) is 13.1 Å². The van der Waals surface area contributed by atoms with Gasteiger partial charge in [0.05, 0.1) is 5.92 Å². The van der Waals surface area contributed by atoms with Crippen LogP contribution in [0.5, 0.6) is 0 Å². The van der Waals surface area contributed by atoms with Gasteiger partial charge in [-0.1, -0.05) is 0 Å². The number of nitrogens with zero attached hydrogens (tertiary/aromatic N) is 1. The lowest BCUT2D eigenvalue weighted by Gasteiger charge is -2.32. The number of rotatable bonds is 1. The quantitative estimate of drug-likeness (QED) is 0.509. The molecule has 2 unspecified atom stereocenters. The first-order chi connectivity index (χ1) is 6.02. The van der Waals surface area contributed by atoms with Crippen molar-refractivity contribution in [2.45, 2.75) is 12.5 Å². The topological polar surface area (TPSA) is 104 Å². The average molecular weight is 188 g/mol. The Bertz CT molecular complexity index is 231. The molecule has 0 spiro atoms. The summed E-state index contributed by atoms with van der Waals surface area (Å²) >= 11 is 0. The molecule has 6 nitrogen and oxygen atoms in total. The van der Waals surface area contributed by atoms with Crippen LogP contribution in [0, 0.1) is 5.92 Å². The molecular formula is C7H12N2O4. The lowest BCUT2D eigenvalue weighted by atomic mass is 9.93. The van der Waals surface area contributed by atoms with E-state index in [9.17, 15) is 9.59 Å². The molecule has 0 saturated carbocycles. The number of likely N-dealkylation sites (tertiary alicyclic amines) is 1.